The summed E-state index contributed by atoms with van der Waals surface area (Å²) in [7, 11) is 0. The van der Waals surface area contributed by atoms with Gasteiger partial charge in [-0.15, -0.1) is 0 Å². The Bertz CT molecular complexity index is 935. The van der Waals surface area contributed by atoms with Gasteiger partial charge in [0.1, 0.15) is 11.5 Å². The van der Waals surface area contributed by atoms with Crippen LogP contribution in [0.3, 0.4) is 0 Å². The smallest absolute Gasteiger partial charge is 0.350 e. The SMILES string of the molecule is O=C(NCCc1ccn(-c2ccc(F)cc2)n1)c1cc(C(F)(F)F)ccn1. The molecular weight excluding hydrogens is 364 g/mol. The third-order valence-corrected chi connectivity index (χ3v) is 3.72. The molecule has 27 heavy (non-hydrogen) atoms. The number of amides is 1. The van der Waals surface area contributed by atoms with E-state index in [0.29, 0.717) is 23.9 Å². The Morgan fingerprint density at radius 2 is 1.85 bits per heavy atom. The van der Waals surface area contributed by atoms with Crippen LogP contribution in [0.4, 0.5) is 17.6 Å². The van der Waals surface area contributed by atoms with E-state index < -0.39 is 17.6 Å². The maximum Gasteiger partial charge on any atom is 0.416 e. The lowest BCUT2D eigenvalue weighted by Gasteiger charge is -2.08. The summed E-state index contributed by atoms with van der Waals surface area (Å²) in [4.78, 5) is 15.6. The standard InChI is InChI=1S/C18H14F4N4O/c19-13-1-3-15(4-2-13)26-10-7-14(25-26)6-9-24-17(27)16-11-12(5-8-23-16)18(20,21)22/h1-5,7-8,10-11H,6,9H2,(H,24,27). The molecule has 1 N–H and O–H groups in total. The van der Waals surface area contributed by atoms with E-state index in [9.17, 15) is 22.4 Å². The number of hydrogen-bond acceptors (Lipinski definition) is 3. The predicted molar refractivity (Wildman–Crippen MR) is 88.8 cm³/mol. The molecule has 0 aliphatic rings. The van der Waals surface area contributed by atoms with Crippen molar-refractivity contribution >= 4 is 5.91 Å². The molecule has 0 saturated carbocycles. The number of halogens is 4. The predicted octanol–water partition coefficient (Wildman–Crippen LogP) is 3.40. The van der Waals surface area contributed by atoms with Gasteiger partial charge in [0.2, 0.25) is 0 Å². The number of pyridine rings is 1. The highest BCUT2D eigenvalue weighted by Crippen LogP contribution is 2.28. The number of nitrogens with one attached hydrogen (secondary N) is 1. The Morgan fingerprint density at radius 3 is 2.56 bits per heavy atom. The molecule has 0 atom stereocenters. The molecule has 3 rings (SSSR count). The summed E-state index contributed by atoms with van der Waals surface area (Å²) in [5.74, 6) is -1.05. The van der Waals surface area contributed by atoms with Crippen LogP contribution in [0.1, 0.15) is 21.7 Å². The number of nitrogens with zero attached hydrogens (tertiary/aromatic N) is 3. The minimum atomic E-state index is -4.54. The third-order valence-electron chi connectivity index (χ3n) is 3.72. The Kier molecular flexibility index (Phi) is 5.20. The summed E-state index contributed by atoms with van der Waals surface area (Å²) in [5.41, 5.74) is 0.110. The van der Waals surface area contributed by atoms with Crippen LogP contribution in [0.2, 0.25) is 0 Å². The van der Waals surface area contributed by atoms with E-state index in [4.69, 9.17) is 0 Å². The maximum atomic E-state index is 12.9. The van der Waals surface area contributed by atoms with Gasteiger partial charge in [-0.05, 0) is 42.5 Å². The number of rotatable bonds is 5. The van der Waals surface area contributed by atoms with E-state index in [-0.39, 0.29) is 18.1 Å². The normalized spacial score (nSPS) is 11.4. The molecule has 0 bridgehead atoms. The number of carbonyl (C=O) groups is 1. The van der Waals surface area contributed by atoms with Crippen LogP contribution in [-0.2, 0) is 12.6 Å². The zero-order valence-corrected chi connectivity index (χ0v) is 13.9. The molecule has 2 heterocycles. The van der Waals surface area contributed by atoms with E-state index in [1.165, 1.54) is 12.1 Å². The second-order valence-corrected chi connectivity index (χ2v) is 5.66. The Labute approximate surface area is 151 Å². The quantitative estimate of drug-likeness (QED) is 0.693. The largest absolute Gasteiger partial charge is 0.416 e. The molecule has 3 aromatic rings. The number of alkyl halides is 3. The Morgan fingerprint density at radius 1 is 1.11 bits per heavy atom. The van der Waals surface area contributed by atoms with Crippen molar-refractivity contribution in [2.45, 2.75) is 12.6 Å². The molecule has 0 aliphatic heterocycles. The van der Waals surface area contributed by atoms with Gasteiger partial charge < -0.3 is 5.32 Å². The summed E-state index contributed by atoms with van der Waals surface area (Å²) >= 11 is 0. The number of hydrogen-bond donors (Lipinski definition) is 1. The van der Waals surface area contributed by atoms with Gasteiger partial charge in [0.25, 0.3) is 5.91 Å². The van der Waals surface area contributed by atoms with E-state index in [1.54, 1.807) is 29.1 Å². The molecule has 0 saturated heterocycles. The molecule has 0 fully saturated rings. The van der Waals surface area contributed by atoms with E-state index >= 15 is 0 Å². The van der Waals surface area contributed by atoms with Crippen molar-refractivity contribution in [3.8, 4) is 5.69 Å². The van der Waals surface area contributed by atoms with E-state index in [0.717, 1.165) is 12.3 Å². The molecule has 5 nitrogen and oxygen atoms in total. The topological polar surface area (TPSA) is 59.8 Å². The highest BCUT2D eigenvalue weighted by Gasteiger charge is 2.31. The third kappa shape index (κ3) is 4.69. The highest BCUT2D eigenvalue weighted by molar-refractivity contribution is 5.92. The van der Waals surface area contributed by atoms with Crippen molar-refractivity contribution in [3.05, 3.63) is 77.6 Å². The van der Waals surface area contributed by atoms with E-state index in [1.807, 2.05) is 0 Å². The lowest BCUT2D eigenvalue weighted by molar-refractivity contribution is -0.137. The van der Waals surface area contributed by atoms with Crippen molar-refractivity contribution in [1.82, 2.24) is 20.1 Å². The maximum absolute atomic E-state index is 12.9. The number of aromatic nitrogens is 3. The van der Waals surface area contributed by atoms with Crippen molar-refractivity contribution < 1.29 is 22.4 Å². The molecule has 1 amide bonds. The Hall–Kier alpha value is -3.23. The summed E-state index contributed by atoms with van der Waals surface area (Å²) in [5, 5.41) is 6.82. The molecule has 0 unspecified atom stereocenters. The van der Waals surface area contributed by atoms with Gasteiger partial charge in [0.15, 0.2) is 0 Å². The van der Waals surface area contributed by atoms with Gasteiger partial charge in [0.05, 0.1) is 16.9 Å². The summed E-state index contributed by atoms with van der Waals surface area (Å²) in [6.45, 7) is 0.178. The first-order chi connectivity index (χ1) is 12.8. The van der Waals surface area contributed by atoms with Crippen molar-refractivity contribution in [2.75, 3.05) is 6.54 Å². The van der Waals surface area contributed by atoms with Crippen molar-refractivity contribution in [3.63, 3.8) is 0 Å². The van der Waals surface area contributed by atoms with Gasteiger partial charge in [-0.2, -0.15) is 18.3 Å². The average Bonchev–Trinajstić information content (AvgIpc) is 3.10. The second kappa shape index (κ2) is 7.56. The van der Waals surface area contributed by atoms with Crippen LogP contribution in [0.5, 0.6) is 0 Å². The summed E-state index contributed by atoms with van der Waals surface area (Å²) < 4.78 is 52.5. The monoisotopic (exact) mass is 378 g/mol. The molecule has 0 radical (unpaired) electrons. The molecule has 0 spiro atoms. The first-order valence-electron chi connectivity index (χ1n) is 7.95. The van der Waals surface area contributed by atoms with E-state index in [2.05, 4.69) is 15.4 Å². The van der Waals surface area contributed by atoms with Crippen LogP contribution in [0.15, 0.2) is 54.9 Å². The first-order valence-corrected chi connectivity index (χ1v) is 7.95. The zero-order chi connectivity index (χ0) is 19.4. The summed E-state index contributed by atoms with van der Waals surface area (Å²) in [6, 6.07) is 9.04. The van der Waals surface area contributed by atoms with Gasteiger partial charge in [-0.1, -0.05) is 0 Å². The minimum Gasteiger partial charge on any atom is -0.350 e. The summed E-state index contributed by atoms with van der Waals surface area (Å²) in [6.07, 6.45) is -1.52. The Balaban J connectivity index is 1.57. The van der Waals surface area contributed by atoms with Crippen LogP contribution in [0.25, 0.3) is 5.69 Å². The van der Waals surface area contributed by atoms with Crippen LogP contribution < -0.4 is 5.32 Å². The average molecular weight is 378 g/mol. The molecule has 140 valence electrons. The minimum absolute atomic E-state index is 0.178. The fraction of sp³-hybridized carbons (Fsp3) is 0.167. The molecular formula is C18H14F4N4O. The van der Waals surface area contributed by atoms with Gasteiger partial charge >= 0.3 is 6.18 Å². The molecule has 0 aliphatic carbocycles. The first kappa shape index (κ1) is 18.6. The van der Waals surface area contributed by atoms with Crippen molar-refractivity contribution in [2.24, 2.45) is 0 Å². The molecule has 2 aromatic heterocycles. The van der Waals surface area contributed by atoms with Crippen molar-refractivity contribution in [1.29, 1.82) is 0 Å². The fourth-order valence-corrected chi connectivity index (χ4v) is 2.36. The second-order valence-electron chi connectivity index (χ2n) is 5.66. The number of benzene rings is 1. The lowest BCUT2D eigenvalue weighted by Crippen LogP contribution is -2.27. The van der Waals surface area contributed by atoms with Crippen LogP contribution >= 0.6 is 0 Å². The fourth-order valence-electron chi connectivity index (χ4n) is 2.36. The van der Waals surface area contributed by atoms with Gasteiger partial charge in [0, 0.05) is 25.4 Å². The lowest BCUT2D eigenvalue weighted by atomic mass is 10.2. The van der Waals surface area contributed by atoms with Crippen LogP contribution in [0, 0.1) is 5.82 Å². The van der Waals surface area contributed by atoms with Gasteiger partial charge in [-0.25, -0.2) is 9.07 Å². The highest BCUT2D eigenvalue weighted by atomic mass is 19.4. The zero-order valence-electron chi connectivity index (χ0n) is 13.9. The molecule has 9 heteroatoms. The van der Waals surface area contributed by atoms with Gasteiger partial charge in [-0.3, -0.25) is 9.78 Å². The number of carbonyl (C=O) groups excluding carboxylic acids is 1. The van der Waals surface area contributed by atoms with Crippen LogP contribution in [-0.4, -0.2) is 27.2 Å². The molecule has 1 aromatic carbocycles.